The lowest BCUT2D eigenvalue weighted by molar-refractivity contribution is -0.434. The molecule has 31 heavy (non-hydrogen) atoms. The van der Waals surface area contributed by atoms with Crippen LogP contribution < -0.4 is 5.43 Å². The van der Waals surface area contributed by atoms with E-state index in [4.69, 9.17) is 11.6 Å². The van der Waals surface area contributed by atoms with E-state index in [9.17, 15) is 14.9 Å². The van der Waals surface area contributed by atoms with Crippen LogP contribution in [0.4, 0.5) is 0 Å². The lowest BCUT2D eigenvalue weighted by Crippen LogP contribution is -2.54. The van der Waals surface area contributed by atoms with Gasteiger partial charge < -0.3 is 9.80 Å². The standard InChI is InChI=1S/C21H25ClN6O3/c1-4-26(12-16-7-10-19(22)23-11-16)21-18(28(30)31)13-27(14-25(21)3)24-20(29)17-8-5-15(2)6-9-17/h5-11H,4,12-14H2,1-3H3,(H,24,29). The molecule has 1 amide bonds. The number of nitrogens with one attached hydrogen (secondary N) is 1. The Morgan fingerprint density at radius 1 is 1.29 bits per heavy atom. The molecule has 0 fully saturated rings. The molecular formula is C21H25ClN6O3. The Morgan fingerprint density at radius 3 is 2.58 bits per heavy atom. The number of pyridine rings is 1. The summed E-state index contributed by atoms with van der Waals surface area (Å²) >= 11 is 5.86. The molecule has 0 spiro atoms. The fourth-order valence-electron chi connectivity index (χ4n) is 3.45. The number of hydrogen-bond acceptors (Lipinski definition) is 7. The minimum atomic E-state index is -0.390. The van der Waals surface area contributed by atoms with Gasteiger partial charge in [-0.15, -0.1) is 0 Å². The number of aromatic nitrogens is 1. The van der Waals surface area contributed by atoms with Crippen LogP contribution in [0.15, 0.2) is 54.1 Å². The maximum Gasteiger partial charge on any atom is 0.302 e. The maximum absolute atomic E-state index is 12.6. The molecule has 0 radical (unpaired) electrons. The number of halogens is 1. The molecule has 1 aliphatic heterocycles. The molecule has 0 atom stereocenters. The average molecular weight is 445 g/mol. The van der Waals surface area contributed by atoms with Crippen LogP contribution in [0.1, 0.15) is 28.4 Å². The van der Waals surface area contributed by atoms with E-state index in [1.807, 2.05) is 36.9 Å². The fraction of sp³-hybridized carbons (Fsp3) is 0.333. The van der Waals surface area contributed by atoms with Gasteiger partial charge >= 0.3 is 5.70 Å². The zero-order valence-corrected chi connectivity index (χ0v) is 18.5. The van der Waals surface area contributed by atoms with Gasteiger partial charge in [0.25, 0.3) is 5.91 Å². The first kappa shape index (κ1) is 22.5. The van der Waals surface area contributed by atoms with Crippen LogP contribution in [0.25, 0.3) is 0 Å². The van der Waals surface area contributed by atoms with Crippen molar-refractivity contribution < 1.29 is 9.72 Å². The summed E-state index contributed by atoms with van der Waals surface area (Å²) in [6.45, 7) is 5.19. The lowest BCUT2D eigenvalue weighted by Gasteiger charge is -2.39. The van der Waals surface area contributed by atoms with E-state index in [-0.39, 0.29) is 18.1 Å². The summed E-state index contributed by atoms with van der Waals surface area (Å²) < 4.78 is 0. The van der Waals surface area contributed by atoms with E-state index in [0.29, 0.717) is 36.3 Å². The SMILES string of the molecule is CCN(Cc1ccc(Cl)nc1)C1=C([N+](=O)[O-])CN(NC(=O)c2ccc(C)cc2)CN1C. The quantitative estimate of drug-likeness (QED) is 0.398. The summed E-state index contributed by atoms with van der Waals surface area (Å²) in [6.07, 6.45) is 1.66. The highest BCUT2D eigenvalue weighted by Crippen LogP contribution is 2.23. The minimum absolute atomic E-state index is 0.0142. The molecule has 0 saturated heterocycles. The summed E-state index contributed by atoms with van der Waals surface area (Å²) in [4.78, 5) is 31.8. The molecule has 3 rings (SSSR count). The van der Waals surface area contributed by atoms with Gasteiger partial charge in [-0.05, 0) is 37.6 Å². The molecule has 1 N–H and O–H groups in total. The number of hydrogen-bond donors (Lipinski definition) is 1. The van der Waals surface area contributed by atoms with Crippen molar-refractivity contribution in [3.63, 3.8) is 0 Å². The molecule has 2 aromatic rings. The summed E-state index contributed by atoms with van der Waals surface area (Å²) in [5.41, 5.74) is 5.23. The molecule has 1 aromatic heterocycles. The normalized spacial score (nSPS) is 14.5. The molecule has 0 saturated carbocycles. The highest BCUT2D eigenvalue weighted by molar-refractivity contribution is 6.29. The van der Waals surface area contributed by atoms with E-state index in [1.165, 1.54) is 0 Å². The van der Waals surface area contributed by atoms with E-state index < -0.39 is 4.92 Å². The first-order chi connectivity index (χ1) is 14.8. The highest BCUT2D eigenvalue weighted by atomic mass is 35.5. The zero-order valence-electron chi connectivity index (χ0n) is 17.7. The van der Waals surface area contributed by atoms with Crippen LogP contribution in [0.3, 0.4) is 0 Å². The molecule has 164 valence electrons. The molecule has 2 heterocycles. The van der Waals surface area contributed by atoms with Gasteiger partial charge in [-0.1, -0.05) is 35.4 Å². The largest absolute Gasteiger partial charge is 0.349 e. The predicted octanol–water partition coefficient (Wildman–Crippen LogP) is 2.86. The first-order valence-electron chi connectivity index (χ1n) is 9.85. The molecule has 9 nitrogen and oxygen atoms in total. The fourth-order valence-corrected chi connectivity index (χ4v) is 3.56. The number of carbonyl (C=O) groups is 1. The molecule has 0 unspecified atom stereocenters. The van der Waals surface area contributed by atoms with Gasteiger partial charge in [0, 0.05) is 31.9 Å². The van der Waals surface area contributed by atoms with E-state index in [1.54, 1.807) is 41.4 Å². The van der Waals surface area contributed by atoms with Gasteiger partial charge in [-0.25, -0.2) is 4.98 Å². The Hall–Kier alpha value is -3.17. The number of benzene rings is 1. The first-order valence-corrected chi connectivity index (χ1v) is 10.2. The molecule has 0 bridgehead atoms. The molecule has 0 aliphatic carbocycles. The average Bonchev–Trinajstić information content (AvgIpc) is 2.73. The zero-order chi connectivity index (χ0) is 22.5. The highest BCUT2D eigenvalue weighted by Gasteiger charge is 2.34. The Morgan fingerprint density at radius 2 is 2.00 bits per heavy atom. The van der Waals surface area contributed by atoms with Gasteiger partial charge in [0.05, 0.1) is 11.6 Å². The van der Waals surface area contributed by atoms with Crippen molar-refractivity contribution in [1.82, 2.24) is 25.2 Å². The number of amides is 1. The third-order valence-electron chi connectivity index (χ3n) is 4.98. The summed E-state index contributed by atoms with van der Waals surface area (Å²) in [5, 5.41) is 13.8. The minimum Gasteiger partial charge on any atom is -0.349 e. The molecule has 1 aliphatic rings. The van der Waals surface area contributed by atoms with Gasteiger partial charge in [0.2, 0.25) is 0 Å². The Bertz CT molecular complexity index is 978. The topological polar surface area (TPSA) is 94.8 Å². The van der Waals surface area contributed by atoms with Gasteiger partial charge in [0.15, 0.2) is 5.82 Å². The van der Waals surface area contributed by atoms with Gasteiger partial charge in [-0.3, -0.25) is 20.3 Å². The van der Waals surface area contributed by atoms with Gasteiger partial charge in [-0.2, -0.15) is 5.01 Å². The van der Waals surface area contributed by atoms with E-state index >= 15 is 0 Å². The van der Waals surface area contributed by atoms with Crippen LogP contribution in [0, 0.1) is 17.0 Å². The second-order valence-corrected chi connectivity index (χ2v) is 7.76. The summed E-state index contributed by atoms with van der Waals surface area (Å²) in [5.74, 6) is 0.211. The van der Waals surface area contributed by atoms with E-state index in [2.05, 4.69) is 10.4 Å². The van der Waals surface area contributed by atoms with Crippen molar-refractivity contribution in [3.8, 4) is 0 Å². The Labute approximate surface area is 186 Å². The monoisotopic (exact) mass is 444 g/mol. The van der Waals surface area contributed by atoms with E-state index in [0.717, 1.165) is 11.1 Å². The smallest absolute Gasteiger partial charge is 0.302 e. The molecule has 1 aromatic carbocycles. The van der Waals surface area contributed by atoms with Crippen LogP contribution in [-0.4, -0.2) is 57.4 Å². The van der Waals surface area contributed by atoms with Crippen molar-refractivity contribution in [2.75, 3.05) is 26.8 Å². The second-order valence-electron chi connectivity index (χ2n) is 7.38. The molecule has 10 heteroatoms. The summed E-state index contributed by atoms with van der Waals surface area (Å²) in [7, 11) is 1.77. The number of rotatable bonds is 7. The van der Waals surface area contributed by atoms with Crippen molar-refractivity contribution in [1.29, 1.82) is 0 Å². The van der Waals surface area contributed by atoms with Crippen LogP contribution in [0.5, 0.6) is 0 Å². The number of aryl methyl sites for hydroxylation is 1. The predicted molar refractivity (Wildman–Crippen MR) is 117 cm³/mol. The van der Waals surface area contributed by atoms with Crippen molar-refractivity contribution in [3.05, 3.63) is 86.1 Å². The van der Waals surface area contributed by atoms with Crippen LogP contribution in [0.2, 0.25) is 5.15 Å². The second kappa shape index (κ2) is 9.76. The van der Waals surface area contributed by atoms with Crippen molar-refractivity contribution >= 4 is 17.5 Å². The number of nitrogens with zero attached hydrogens (tertiary/aromatic N) is 5. The van der Waals surface area contributed by atoms with Gasteiger partial charge in [0.1, 0.15) is 11.7 Å². The maximum atomic E-state index is 12.6. The third-order valence-corrected chi connectivity index (χ3v) is 5.20. The van der Waals surface area contributed by atoms with Crippen molar-refractivity contribution in [2.24, 2.45) is 0 Å². The summed E-state index contributed by atoms with van der Waals surface area (Å²) in [6, 6.07) is 10.7. The number of nitro groups is 1. The Kier molecular flexibility index (Phi) is 7.09. The van der Waals surface area contributed by atoms with Crippen LogP contribution in [-0.2, 0) is 6.54 Å². The van der Waals surface area contributed by atoms with Crippen molar-refractivity contribution in [2.45, 2.75) is 20.4 Å². The van der Waals surface area contributed by atoms with Crippen LogP contribution >= 0.6 is 11.6 Å². The lowest BCUT2D eigenvalue weighted by atomic mass is 10.1. The number of carbonyl (C=O) groups excluding carboxylic acids is 1. The Balaban J connectivity index is 1.80. The third kappa shape index (κ3) is 5.50. The molecular weight excluding hydrogens is 420 g/mol. The number of hydrazine groups is 1.